The van der Waals surface area contributed by atoms with E-state index in [2.05, 4.69) is 15.9 Å². The van der Waals surface area contributed by atoms with Crippen LogP contribution in [0, 0.1) is 0 Å². The van der Waals surface area contributed by atoms with Gasteiger partial charge in [-0.3, -0.25) is 5.43 Å². The van der Waals surface area contributed by atoms with Crippen LogP contribution in [0.4, 0.5) is 10.5 Å². The van der Waals surface area contributed by atoms with Crippen LogP contribution in [0.5, 0.6) is 0 Å². The van der Waals surface area contributed by atoms with Gasteiger partial charge in [-0.2, -0.15) is 0 Å². The smallest absolute Gasteiger partial charge is 0.323 e. The summed E-state index contributed by atoms with van der Waals surface area (Å²) in [4.78, 5) is 26.5. The monoisotopic (exact) mass is 310 g/mol. The summed E-state index contributed by atoms with van der Waals surface area (Å²) in [7, 11) is 0. The Labute approximate surface area is 125 Å². The zero-order valence-electron chi connectivity index (χ0n) is 11.7. The molecule has 1 heterocycles. The van der Waals surface area contributed by atoms with E-state index in [9.17, 15) is 9.59 Å². The van der Waals surface area contributed by atoms with E-state index >= 15 is 0 Å². The number of aromatic nitrogens is 4. The Hall–Kier alpha value is -2.35. The van der Waals surface area contributed by atoms with Crippen LogP contribution < -0.4 is 11.1 Å². The standard InChI is InChI=1S/C12H15ClN6O2/c1-3-17(4-2)11(20)18-12(21)19(16-15-18)14-10-8-6-5-7-9(10)13/h5-8,14H,3-4H2,1-2H3. The Kier molecular flexibility index (Phi) is 4.59. The number of nitrogens with one attached hydrogen (secondary N) is 1. The molecule has 0 saturated heterocycles. The van der Waals surface area contributed by atoms with Crippen molar-refractivity contribution in [1.29, 1.82) is 0 Å². The summed E-state index contributed by atoms with van der Waals surface area (Å²) in [6.45, 7) is 4.59. The second-order valence-corrected chi connectivity index (χ2v) is 4.54. The zero-order valence-corrected chi connectivity index (χ0v) is 12.4. The molecule has 0 spiro atoms. The number of tetrazole rings is 1. The van der Waals surface area contributed by atoms with Gasteiger partial charge in [-0.05, 0) is 36.4 Å². The number of amides is 1. The molecule has 0 aliphatic heterocycles. The van der Waals surface area contributed by atoms with Crippen molar-refractivity contribution in [3.8, 4) is 0 Å². The van der Waals surface area contributed by atoms with Gasteiger partial charge in [-0.1, -0.05) is 28.5 Å². The third kappa shape index (κ3) is 3.05. The van der Waals surface area contributed by atoms with Gasteiger partial charge in [0.1, 0.15) is 0 Å². The predicted molar refractivity (Wildman–Crippen MR) is 78.5 cm³/mol. The van der Waals surface area contributed by atoms with Gasteiger partial charge in [0, 0.05) is 13.1 Å². The second kappa shape index (κ2) is 6.40. The van der Waals surface area contributed by atoms with E-state index in [1.165, 1.54) is 4.90 Å². The van der Waals surface area contributed by atoms with E-state index in [-0.39, 0.29) is 0 Å². The molecular weight excluding hydrogens is 296 g/mol. The maximum Gasteiger partial charge on any atom is 0.392 e. The van der Waals surface area contributed by atoms with Crippen LogP contribution in [0.15, 0.2) is 29.1 Å². The highest BCUT2D eigenvalue weighted by Gasteiger charge is 2.19. The van der Waals surface area contributed by atoms with E-state index in [0.29, 0.717) is 28.5 Å². The SMILES string of the molecule is CCN(CC)C(=O)n1nnn(Nc2ccccc2Cl)c1=O. The number of halogens is 1. The second-order valence-electron chi connectivity index (χ2n) is 4.13. The molecule has 0 atom stereocenters. The number of carbonyl (C=O) groups is 1. The number of anilines is 1. The summed E-state index contributed by atoms with van der Waals surface area (Å²) in [5, 5.41) is 7.63. The highest BCUT2D eigenvalue weighted by atomic mass is 35.5. The van der Waals surface area contributed by atoms with Crippen molar-refractivity contribution in [2.45, 2.75) is 13.8 Å². The lowest BCUT2D eigenvalue weighted by molar-refractivity contribution is 0.200. The number of carbonyl (C=O) groups excluding carboxylic acids is 1. The zero-order chi connectivity index (χ0) is 15.4. The average molecular weight is 311 g/mol. The lowest BCUT2D eigenvalue weighted by Crippen LogP contribution is -2.41. The topological polar surface area (TPSA) is 85.1 Å². The van der Waals surface area contributed by atoms with Crippen LogP contribution in [-0.4, -0.2) is 43.9 Å². The van der Waals surface area contributed by atoms with Crippen molar-refractivity contribution in [2.75, 3.05) is 18.5 Å². The summed E-state index contributed by atoms with van der Waals surface area (Å²) in [5.74, 6) is 0. The first-order valence-electron chi connectivity index (χ1n) is 6.44. The quantitative estimate of drug-likeness (QED) is 0.860. The maximum atomic E-state index is 12.1. The van der Waals surface area contributed by atoms with Crippen molar-refractivity contribution in [1.82, 2.24) is 24.8 Å². The third-order valence-electron chi connectivity index (χ3n) is 2.90. The normalized spacial score (nSPS) is 10.4. The first kappa shape index (κ1) is 15.0. The van der Waals surface area contributed by atoms with Crippen molar-refractivity contribution in [3.05, 3.63) is 39.8 Å². The minimum Gasteiger partial charge on any atom is -0.323 e. The van der Waals surface area contributed by atoms with Crippen LogP contribution in [0.1, 0.15) is 13.8 Å². The minimum absolute atomic E-state index is 0.425. The van der Waals surface area contributed by atoms with E-state index in [4.69, 9.17) is 11.6 Å². The molecule has 1 N–H and O–H groups in total. The van der Waals surface area contributed by atoms with Crippen LogP contribution in [0.2, 0.25) is 5.02 Å². The molecule has 1 aromatic heterocycles. The molecule has 2 aromatic rings. The maximum absolute atomic E-state index is 12.1. The highest BCUT2D eigenvalue weighted by molar-refractivity contribution is 6.33. The van der Waals surface area contributed by atoms with Gasteiger partial charge in [0.25, 0.3) is 0 Å². The summed E-state index contributed by atoms with van der Waals surface area (Å²) in [6.07, 6.45) is 0. The largest absolute Gasteiger partial charge is 0.392 e. The molecule has 1 amide bonds. The van der Waals surface area contributed by atoms with Gasteiger partial charge < -0.3 is 4.90 Å². The Balaban J connectivity index is 2.28. The number of hydrogen-bond donors (Lipinski definition) is 1. The van der Waals surface area contributed by atoms with Gasteiger partial charge >= 0.3 is 11.7 Å². The van der Waals surface area contributed by atoms with Crippen LogP contribution in [0.3, 0.4) is 0 Å². The molecule has 0 aliphatic rings. The van der Waals surface area contributed by atoms with Gasteiger partial charge in [0.05, 0.1) is 10.7 Å². The Morgan fingerprint density at radius 1 is 1.29 bits per heavy atom. The molecule has 0 aliphatic carbocycles. The van der Waals surface area contributed by atoms with Crippen molar-refractivity contribution in [2.24, 2.45) is 0 Å². The average Bonchev–Trinajstić information content (AvgIpc) is 2.84. The fourth-order valence-electron chi connectivity index (χ4n) is 1.73. The fourth-order valence-corrected chi connectivity index (χ4v) is 1.91. The summed E-state index contributed by atoms with van der Waals surface area (Å²) >= 11 is 5.98. The Morgan fingerprint density at radius 2 is 1.95 bits per heavy atom. The summed E-state index contributed by atoms with van der Waals surface area (Å²) in [6, 6.07) is 6.35. The van der Waals surface area contributed by atoms with Gasteiger partial charge in [0.2, 0.25) is 0 Å². The molecule has 0 saturated carbocycles. The molecular formula is C12H15ClN6O2. The highest BCUT2D eigenvalue weighted by Crippen LogP contribution is 2.19. The minimum atomic E-state index is -0.688. The Morgan fingerprint density at radius 3 is 2.57 bits per heavy atom. The molecule has 112 valence electrons. The van der Waals surface area contributed by atoms with E-state index in [0.717, 1.165) is 4.79 Å². The number of hydrogen-bond acceptors (Lipinski definition) is 5. The molecule has 8 nitrogen and oxygen atoms in total. The molecule has 2 rings (SSSR count). The van der Waals surface area contributed by atoms with E-state index in [1.54, 1.807) is 24.3 Å². The molecule has 0 radical (unpaired) electrons. The van der Waals surface area contributed by atoms with Gasteiger partial charge in [0.15, 0.2) is 0 Å². The first-order valence-corrected chi connectivity index (χ1v) is 6.82. The molecule has 9 heteroatoms. The summed E-state index contributed by atoms with van der Waals surface area (Å²) < 4.78 is 0.705. The van der Waals surface area contributed by atoms with Crippen LogP contribution in [-0.2, 0) is 0 Å². The van der Waals surface area contributed by atoms with Crippen molar-refractivity contribution in [3.63, 3.8) is 0 Å². The van der Waals surface area contributed by atoms with Gasteiger partial charge in [-0.15, -0.1) is 4.68 Å². The number of benzene rings is 1. The number of rotatable bonds is 4. The molecule has 0 bridgehead atoms. The fraction of sp³-hybridized carbons (Fsp3) is 0.333. The first-order chi connectivity index (χ1) is 10.1. The molecule has 1 aromatic carbocycles. The molecule has 21 heavy (non-hydrogen) atoms. The lowest BCUT2D eigenvalue weighted by Gasteiger charge is -2.16. The number of para-hydroxylation sites is 1. The number of nitrogens with zero attached hydrogens (tertiary/aromatic N) is 5. The van der Waals surface area contributed by atoms with E-state index in [1.807, 2.05) is 13.8 Å². The third-order valence-corrected chi connectivity index (χ3v) is 3.23. The van der Waals surface area contributed by atoms with Crippen LogP contribution >= 0.6 is 11.6 Å². The van der Waals surface area contributed by atoms with E-state index < -0.39 is 11.7 Å². The van der Waals surface area contributed by atoms with Crippen LogP contribution in [0.25, 0.3) is 0 Å². The lowest BCUT2D eigenvalue weighted by atomic mass is 10.3. The Bertz CT molecular complexity index is 691. The van der Waals surface area contributed by atoms with Crippen molar-refractivity contribution >= 4 is 23.3 Å². The predicted octanol–water partition coefficient (Wildman–Crippen LogP) is 1.28. The van der Waals surface area contributed by atoms with Gasteiger partial charge in [-0.25, -0.2) is 9.59 Å². The summed E-state index contributed by atoms with van der Waals surface area (Å²) in [5.41, 5.74) is 2.50. The van der Waals surface area contributed by atoms with Crippen molar-refractivity contribution < 1.29 is 4.79 Å². The molecule has 0 fully saturated rings. The molecule has 0 unspecified atom stereocenters.